The molecule has 21 heavy (non-hydrogen) atoms. The topological polar surface area (TPSA) is 96.7 Å². The number of carbonyl (C=O) groups is 2. The Hall–Kier alpha value is -2.09. The third-order valence-corrected chi connectivity index (χ3v) is 3.76. The normalized spacial score (nSPS) is 21.5. The zero-order chi connectivity index (χ0) is 15.5. The summed E-state index contributed by atoms with van der Waals surface area (Å²) in [7, 11) is 1.60. The van der Waals surface area contributed by atoms with Crippen LogP contribution in [0, 0.1) is 0 Å². The number of anilines is 1. The van der Waals surface area contributed by atoms with Crippen LogP contribution in [0.15, 0.2) is 12.4 Å². The molecule has 0 spiro atoms. The maximum absolute atomic E-state index is 12.2. The summed E-state index contributed by atoms with van der Waals surface area (Å²) in [6.45, 7) is 3.12. The summed E-state index contributed by atoms with van der Waals surface area (Å²) in [5.74, 6) is -0.981. The molecule has 1 saturated heterocycles. The van der Waals surface area contributed by atoms with Crippen molar-refractivity contribution < 1.29 is 19.4 Å². The van der Waals surface area contributed by atoms with Gasteiger partial charge < -0.3 is 20.1 Å². The number of carboxylic acids is 1. The molecule has 8 nitrogen and oxygen atoms in total. The summed E-state index contributed by atoms with van der Waals surface area (Å²) in [6.07, 6.45) is 4.36. The van der Waals surface area contributed by atoms with Gasteiger partial charge in [0, 0.05) is 19.9 Å². The number of aliphatic carboxylic acids is 1. The average Bonchev–Trinajstić information content (AvgIpc) is 3.04. The molecule has 1 aromatic rings. The number of methoxy groups -OCH3 is 1. The maximum atomic E-state index is 12.2. The van der Waals surface area contributed by atoms with E-state index in [1.807, 2.05) is 0 Å². The van der Waals surface area contributed by atoms with Crippen LogP contribution >= 0.6 is 0 Å². The van der Waals surface area contributed by atoms with E-state index in [1.54, 1.807) is 24.9 Å². The molecule has 1 fully saturated rings. The second kappa shape index (κ2) is 6.13. The number of hydrogen-bond donors (Lipinski definition) is 2. The summed E-state index contributed by atoms with van der Waals surface area (Å²) in [4.78, 5) is 25.0. The van der Waals surface area contributed by atoms with Gasteiger partial charge in [-0.3, -0.25) is 4.68 Å². The second-order valence-corrected chi connectivity index (χ2v) is 5.25. The number of ether oxygens (including phenoxy) is 1. The van der Waals surface area contributed by atoms with Crippen molar-refractivity contribution in [1.29, 1.82) is 0 Å². The summed E-state index contributed by atoms with van der Waals surface area (Å²) in [5.41, 5.74) is -0.605. The van der Waals surface area contributed by atoms with Crippen molar-refractivity contribution in [3.05, 3.63) is 12.4 Å². The molecule has 116 valence electrons. The van der Waals surface area contributed by atoms with Crippen LogP contribution in [0.25, 0.3) is 0 Å². The lowest BCUT2D eigenvalue weighted by atomic mass is 10.00. The van der Waals surface area contributed by atoms with E-state index >= 15 is 0 Å². The Morgan fingerprint density at radius 1 is 1.57 bits per heavy atom. The fraction of sp³-hybridized carbons (Fsp3) is 0.615. The molecule has 0 saturated carbocycles. The van der Waals surface area contributed by atoms with Gasteiger partial charge in [0.05, 0.1) is 25.0 Å². The largest absolute Gasteiger partial charge is 0.480 e. The molecule has 0 aromatic carbocycles. The van der Waals surface area contributed by atoms with Gasteiger partial charge >= 0.3 is 12.0 Å². The molecule has 1 aliphatic rings. The molecule has 2 amide bonds. The second-order valence-electron chi connectivity index (χ2n) is 5.25. The third kappa shape index (κ3) is 3.15. The number of likely N-dealkylation sites (tertiary alicyclic amines) is 1. The van der Waals surface area contributed by atoms with Crippen molar-refractivity contribution in [1.82, 2.24) is 14.7 Å². The lowest BCUT2D eigenvalue weighted by molar-refractivity contribution is -0.146. The van der Waals surface area contributed by atoms with Gasteiger partial charge in [0.25, 0.3) is 0 Å². The Bertz CT molecular complexity index is 530. The van der Waals surface area contributed by atoms with Gasteiger partial charge in [-0.05, 0) is 19.8 Å². The standard InChI is InChI=1S/C13H20N4O4/c1-13(11(18)19)4-3-5-17(13)12(20)15-10-8-14-16(9-10)6-7-21-2/h8-9H,3-7H2,1-2H3,(H,15,20)(H,18,19). The molecular formula is C13H20N4O4. The Balaban J connectivity index is 2.01. The van der Waals surface area contributed by atoms with Crippen molar-refractivity contribution in [2.75, 3.05) is 25.6 Å². The molecule has 0 aliphatic carbocycles. The number of hydrogen-bond acceptors (Lipinski definition) is 4. The molecular weight excluding hydrogens is 276 g/mol. The highest BCUT2D eigenvalue weighted by atomic mass is 16.5. The lowest BCUT2D eigenvalue weighted by Crippen LogP contribution is -2.52. The van der Waals surface area contributed by atoms with E-state index in [1.165, 1.54) is 11.1 Å². The monoisotopic (exact) mass is 296 g/mol. The molecule has 0 bridgehead atoms. The third-order valence-electron chi connectivity index (χ3n) is 3.76. The Kier molecular flexibility index (Phi) is 4.46. The van der Waals surface area contributed by atoms with Crippen LogP contribution in [0.4, 0.5) is 10.5 Å². The first-order valence-electron chi connectivity index (χ1n) is 6.81. The molecule has 1 atom stereocenters. The van der Waals surface area contributed by atoms with Gasteiger partial charge in [0.15, 0.2) is 0 Å². The van der Waals surface area contributed by atoms with Gasteiger partial charge in [-0.15, -0.1) is 0 Å². The first-order chi connectivity index (χ1) is 9.97. The Morgan fingerprint density at radius 3 is 3.00 bits per heavy atom. The first kappa shape index (κ1) is 15.3. The number of carbonyl (C=O) groups excluding carboxylic acids is 1. The number of urea groups is 1. The number of aromatic nitrogens is 2. The van der Waals surface area contributed by atoms with Gasteiger partial charge in [0.1, 0.15) is 5.54 Å². The van der Waals surface area contributed by atoms with Crippen molar-refractivity contribution in [3.63, 3.8) is 0 Å². The van der Waals surface area contributed by atoms with E-state index in [2.05, 4.69) is 10.4 Å². The highest BCUT2D eigenvalue weighted by molar-refractivity contribution is 5.94. The van der Waals surface area contributed by atoms with Gasteiger partial charge in [0.2, 0.25) is 0 Å². The van der Waals surface area contributed by atoms with Crippen LogP contribution in [-0.4, -0.2) is 57.6 Å². The van der Waals surface area contributed by atoms with E-state index in [0.717, 1.165) is 0 Å². The lowest BCUT2D eigenvalue weighted by Gasteiger charge is -2.30. The van der Waals surface area contributed by atoms with E-state index in [4.69, 9.17) is 4.74 Å². The van der Waals surface area contributed by atoms with Gasteiger partial charge in [-0.1, -0.05) is 0 Å². The first-order valence-corrected chi connectivity index (χ1v) is 6.81. The van der Waals surface area contributed by atoms with Crippen LogP contribution in [0.1, 0.15) is 19.8 Å². The summed E-state index contributed by atoms with van der Waals surface area (Å²) >= 11 is 0. The number of rotatable bonds is 5. The highest BCUT2D eigenvalue weighted by Gasteiger charge is 2.46. The Labute approximate surface area is 122 Å². The van der Waals surface area contributed by atoms with Crippen LogP contribution in [0.5, 0.6) is 0 Å². The Morgan fingerprint density at radius 2 is 2.33 bits per heavy atom. The minimum Gasteiger partial charge on any atom is -0.480 e. The van der Waals surface area contributed by atoms with E-state index < -0.39 is 17.5 Å². The molecule has 2 heterocycles. The summed E-state index contributed by atoms with van der Waals surface area (Å²) < 4.78 is 6.60. The van der Waals surface area contributed by atoms with Gasteiger partial charge in [-0.25, -0.2) is 9.59 Å². The number of nitrogens with one attached hydrogen (secondary N) is 1. The maximum Gasteiger partial charge on any atom is 0.329 e. The fourth-order valence-corrected chi connectivity index (χ4v) is 2.44. The molecule has 0 radical (unpaired) electrons. The molecule has 1 aliphatic heterocycles. The fourth-order valence-electron chi connectivity index (χ4n) is 2.44. The van der Waals surface area contributed by atoms with E-state index in [0.29, 0.717) is 38.2 Å². The number of carboxylic acid groups (broad SMARTS) is 1. The van der Waals surface area contributed by atoms with Crippen molar-refractivity contribution in [3.8, 4) is 0 Å². The van der Waals surface area contributed by atoms with Crippen LogP contribution in [0.2, 0.25) is 0 Å². The van der Waals surface area contributed by atoms with Crippen LogP contribution < -0.4 is 5.32 Å². The van der Waals surface area contributed by atoms with Crippen molar-refractivity contribution >= 4 is 17.7 Å². The molecule has 2 rings (SSSR count). The van der Waals surface area contributed by atoms with Gasteiger partial charge in [-0.2, -0.15) is 5.10 Å². The van der Waals surface area contributed by atoms with E-state index in [-0.39, 0.29) is 0 Å². The minimum absolute atomic E-state index is 0.413. The SMILES string of the molecule is COCCn1cc(NC(=O)N2CCCC2(C)C(=O)O)cn1. The smallest absolute Gasteiger partial charge is 0.329 e. The van der Waals surface area contributed by atoms with Crippen LogP contribution in [0.3, 0.4) is 0 Å². The zero-order valence-electron chi connectivity index (χ0n) is 12.2. The number of amides is 2. The quantitative estimate of drug-likeness (QED) is 0.845. The summed E-state index contributed by atoms with van der Waals surface area (Å²) in [6, 6.07) is -0.413. The highest BCUT2D eigenvalue weighted by Crippen LogP contribution is 2.29. The molecule has 8 heteroatoms. The van der Waals surface area contributed by atoms with Crippen LogP contribution in [-0.2, 0) is 16.1 Å². The molecule has 2 N–H and O–H groups in total. The van der Waals surface area contributed by atoms with Crippen molar-refractivity contribution in [2.24, 2.45) is 0 Å². The number of nitrogens with zero attached hydrogens (tertiary/aromatic N) is 3. The molecule has 1 unspecified atom stereocenters. The minimum atomic E-state index is -1.14. The summed E-state index contributed by atoms with van der Waals surface area (Å²) in [5, 5.41) is 16.1. The predicted octanol–water partition coefficient (Wildman–Crippen LogP) is 1.00. The van der Waals surface area contributed by atoms with E-state index in [9.17, 15) is 14.7 Å². The predicted molar refractivity (Wildman–Crippen MR) is 75.1 cm³/mol. The average molecular weight is 296 g/mol. The zero-order valence-corrected chi connectivity index (χ0v) is 12.2. The van der Waals surface area contributed by atoms with Crippen molar-refractivity contribution in [2.45, 2.75) is 31.8 Å². The molecule has 1 aromatic heterocycles.